The first-order valence-corrected chi connectivity index (χ1v) is 8.47. The van der Waals surface area contributed by atoms with Crippen LogP contribution in [-0.2, 0) is 15.6 Å². The van der Waals surface area contributed by atoms with Crippen LogP contribution in [0.2, 0.25) is 0 Å². The fraction of sp³-hybridized carbons (Fsp3) is 0.533. The second-order valence-corrected chi connectivity index (χ2v) is 7.30. The molecule has 1 saturated heterocycles. The third-order valence-corrected chi connectivity index (χ3v) is 5.07. The molecule has 4 unspecified atom stereocenters. The molecule has 1 aliphatic rings. The Labute approximate surface area is 123 Å². The van der Waals surface area contributed by atoms with Crippen LogP contribution in [0.3, 0.4) is 0 Å². The van der Waals surface area contributed by atoms with Crippen LogP contribution in [0.4, 0.5) is 0 Å². The predicted molar refractivity (Wildman–Crippen MR) is 81.8 cm³/mol. The minimum atomic E-state index is -0.929. The van der Waals surface area contributed by atoms with Crippen LogP contribution in [0.5, 0.6) is 0 Å². The van der Waals surface area contributed by atoms with Gasteiger partial charge >= 0.3 is 0 Å². The summed E-state index contributed by atoms with van der Waals surface area (Å²) in [5, 5.41) is 3.28. The topological polar surface area (TPSA) is 49.4 Å². The molecule has 0 radical (unpaired) electrons. The zero-order valence-corrected chi connectivity index (χ0v) is 13.2. The van der Waals surface area contributed by atoms with Gasteiger partial charge in [0, 0.05) is 28.9 Å². The largest absolute Gasteiger partial charge is 0.320 e. The Hall–Kier alpha value is -1.20. The van der Waals surface area contributed by atoms with Crippen molar-refractivity contribution in [2.24, 2.45) is 0 Å². The Kier molecular flexibility index (Phi) is 4.60. The SMILES string of the molecule is Cc1ccc(C2NC(C)C(=O)N2CC(C)S(C)=O)cc1. The highest BCUT2D eigenvalue weighted by molar-refractivity contribution is 7.84. The molecule has 0 saturated carbocycles. The Bertz CT molecular complexity index is 515. The second-order valence-electron chi connectivity index (χ2n) is 5.50. The lowest BCUT2D eigenvalue weighted by molar-refractivity contribution is -0.129. The minimum Gasteiger partial charge on any atom is -0.320 e. The van der Waals surface area contributed by atoms with E-state index in [-0.39, 0.29) is 23.4 Å². The number of hydrogen-bond donors (Lipinski definition) is 1. The lowest BCUT2D eigenvalue weighted by Gasteiger charge is -2.26. The van der Waals surface area contributed by atoms with Crippen LogP contribution >= 0.6 is 0 Å². The Morgan fingerprint density at radius 2 is 1.95 bits per heavy atom. The van der Waals surface area contributed by atoms with Crippen molar-refractivity contribution in [3.8, 4) is 0 Å². The number of nitrogens with one attached hydrogen (secondary N) is 1. The monoisotopic (exact) mass is 294 g/mol. The molecule has 110 valence electrons. The zero-order chi connectivity index (χ0) is 14.9. The lowest BCUT2D eigenvalue weighted by Crippen LogP contribution is -2.37. The van der Waals surface area contributed by atoms with E-state index in [2.05, 4.69) is 5.32 Å². The van der Waals surface area contributed by atoms with Gasteiger partial charge in [-0.15, -0.1) is 0 Å². The van der Waals surface area contributed by atoms with E-state index in [1.165, 1.54) is 5.56 Å². The smallest absolute Gasteiger partial charge is 0.241 e. The molecular formula is C15H22N2O2S. The molecule has 0 aliphatic carbocycles. The highest BCUT2D eigenvalue weighted by atomic mass is 32.2. The fourth-order valence-electron chi connectivity index (χ4n) is 2.38. The first-order chi connectivity index (χ1) is 9.40. The van der Waals surface area contributed by atoms with E-state index in [0.29, 0.717) is 6.54 Å². The molecule has 5 heteroatoms. The van der Waals surface area contributed by atoms with Crippen molar-refractivity contribution in [3.63, 3.8) is 0 Å². The zero-order valence-electron chi connectivity index (χ0n) is 12.4. The van der Waals surface area contributed by atoms with Crippen molar-refractivity contribution in [2.45, 2.75) is 38.2 Å². The molecule has 0 aromatic heterocycles. The summed E-state index contributed by atoms with van der Waals surface area (Å²) in [5.74, 6) is 0.0767. The van der Waals surface area contributed by atoms with Gasteiger partial charge in [0.15, 0.2) is 0 Å². The standard InChI is InChI=1S/C15H22N2O2S/c1-10-5-7-13(8-6-10)14-16-12(3)15(18)17(14)9-11(2)20(4)19/h5-8,11-12,14,16H,9H2,1-4H3. The van der Waals surface area contributed by atoms with Gasteiger partial charge in [-0.05, 0) is 26.3 Å². The highest BCUT2D eigenvalue weighted by Crippen LogP contribution is 2.26. The summed E-state index contributed by atoms with van der Waals surface area (Å²) in [6.45, 7) is 6.34. The van der Waals surface area contributed by atoms with E-state index in [0.717, 1.165) is 5.56 Å². The van der Waals surface area contributed by atoms with Crippen LogP contribution in [-0.4, -0.2) is 39.1 Å². The third-order valence-electron chi connectivity index (χ3n) is 3.79. The highest BCUT2D eigenvalue weighted by Gasteiger charge is 2.37. The third kappa shape index (κ3) is 3.10. The average molecular weight is 294 g/mol. The number of amides is 1. The molecule has 20 heavy (non-hydrogen) atoms. The molecule has 0 bridgehead atoms. The van der Waals surface area contributed by atoms with Crippen LogP contribution in [0, 0.1) is 6.92 Å². The molecule has 1 amide bonds. The molecule has 1 heterocycles. The maximum atomic E-state index is 12.3. The van der Waals surface area contributed by atoms with Gasteiger partial charge in [0.1, 0.15) is 6.17 Å². The van der Waals surface area contributed by atoms with E-state index < -0.39 is 10.8 Å². The van der Waals surface area contributed by atoms with Gasteiger partial charge < -0.3 is 4.90 Å². The van der Waals surface area contributed by atoms with Gasteiger partial charge in [0.2, 0.25) is 5.91 Å². The molecule has 2 rings (SSSR count). The summed E-state index contributed by atoms with van der Waals surface area (Å²) in [7, 11) is -0.929. The van der Waals surface area contributed by atoms with Gasteiger partial charge in [-0.2, -0.15) is 0 Å². The number of benzene rings is 1. The van der Waals surface area contributed by atoms with Crippen LogP contribution in [0.1, 0.15) is 31.1 Å². The van der Waals surface area contributed by atoms with Crippen molar-refractivity contribution in [2.75, 3.05) is 12.8 Å². The summed E-state index contributed by atoms with van der Waals surface area (Å²) in [6.07, 6.45) is 1.56. The molecule has 1 aliphatic heterocycles. The molecule has 1 aromatic rings. The number of aryl methyl sites for hydroxylation is 1. The van der Waals surface area contributed by atoms with Gasteiger partial charge in [0.05, 0.1) is 6.04 Å². The lowest BCUT2D eigenvalue weighted by atomic mass is 10.1. The van der Waals surface area contributed by atoms with E-state index in [9.17, 15) is 9.00 Å². The van der Waals surface area contributed by atoms with Crippen LogP contribution < -0.4 is 5.32 Å². The maximum absolute atomic E-state index is 12.3. The van der Waals surface area contributed by atoms with Crippen molar-refractivity contribution in [1.29, 1.82) is 0 Å². The molecule has 1 aromatic carbocycles. The second kappa shape index (κ2) is 6.06. The molecule has 0 spiro atoms. The Morgan fingerprint density at radius 3 is 2.50 bits per heavy atom. The van der Waals surface area contributed by atoms with Crippen LogP contribution in [0.25, 0.3) is 0 Å². The number of nitrogens with zero attached hydrogens (tertiary/aromatic N) is 1. The summed E-state index contributed by atoms with van der Waals surface area (Å²) in [6, 6.07) is 7.98. The summed E-state index contributed by atoms with van der Waals surface area (Å²) in [4.78, 5) is 14.1. The van der Waals surface area contributed by atoms with Crippen molar-refractivity contribution in [3.05, 3.63) is 35.4 Å². The molecule has 1 N–H and O–H groups in total. The first kappa shape index (κ1) is 15.2. The first-order valence-electron chi connectivity index (χ1n) is 6.85. The normalized spacial score (nSPS) is 25.8. The molecule has 4 nitrogen and oxygen atoms in total. The van der Waals surface area contributed by atoms with Gasteiger partial charge in [0.25, 0.3) is 0 Å². The average Bonchev–Trinajstić information content (AvgIpc) is 2.68. The quantitative estimate of drug-likeness (QED) is 0.917. The van der Waals surface area contributed by atoms with E-state index in [1.54, 1.807) is 11.2 Å². The van der Waals surface area contributed by atoms with Gasteiger partial charge in [-0.25, -0.2) is 0 Å². The Balaban J connectivity index is 2.23. The number of hydrogen-bond acceptors (Lipinski definition) is 3. The van der Waals surface area contributed by atoms with Crippen LogP contribution in [0.15, 0.2) is 24.3 Å². The maximum Gasteiger partial charge on any atom is 0.241 e. The minimum absolute atomic E-state index is 0.0287. The predicted octanol–water partition coefficient (Wildman–Crippen LogP) is 1.58. The number of carbonyl (C=O) groups excluding carboxylic acids is 1. The molecule has 4 atom stereocenters. The van der Waals surface area contributed by atoms with Crippen molar-refractivity contribution < 1.29 is 9.00 Å². The summed E-state index contributed by atoms with van der Waals surface area (Å²) in [5.41, 5.74) is 2.27. The molecule has 1 fully saturated rings. The van der Waals surface area contributed by atoms with E-state index in [1.807, 2.05) is 45.0 Å². The molecular weight excluding hydrogens is 272 g/mol. The number of carbonyl (C=O) groups is 1. The van der Waals surface area contributed by atoms with E-state index >= 15 is 0 Å². The summed E-state index contributed by atoms with van der Waals surface area (Å²) < 4.78 is 11.6. The summed E-state index contributed by atoms with van der Waals surface area (Å²) >= 11 is 0. The fourth-order valence-corrected chi connectivity index (χ4v) is 2.75. The van der Waals surface area contributed by atoms with E-state index in [4.69, 9.17) is 0 Å². The number of rotatable bonds is 4. The van der Waals surface area contributed by atoms with Crippen molar-refractivity contribution >= 4 is 16.7 Å². The van der Waals surface area contributed by atoms with Gasteiger partial charge in [-0.3, -0.25) is 14.3 Å². The van der Waals surface area contributed by atoms with Gasteiger partial charge in [-0.1, -0.05) is 29.8 Å². The Morgan fingerprint density at radius 1 is 1.35 bits per heavy atom. The van der Waals surface area contributed by atoms with Crippen molar-refractivity contribution in [1.82, 2.24) is 10.2 Å².